The number of thiophene rings is 1. The molecule has 3 nitrogen and oxygen atoms in total. The second-order valence-electron chi connectivity index (χ2n) is 3.00. The summed E-state index contributed by atoms with van der Waals surface area (Å²) in [5.41, 5.74) is 1.02. The van der Waals surface area contributed by atoms with Gasteiger partial charge in [0.15, 0.2) is 0 Å². The molecule has 0 aliphatic heterocycles. The van der Waals surface area contributed by atoms with Crippen molar-refractivity contribution >= 4 is 27.5 Å². The van der Waals surface area contributed by atoms with E-state index in [1.54, 1.807) is 24.5 Å². The van der Waals surface area contributed by atoms with Gasteiger partial charge in [-0.2, -0.15) is 0 Å². The van der Waals surface area contributed by atoms with E-state index >= 15 is 0 Å². The lowest BCUT2D eigenvalue weighted by Gasteiger charge is -2.04. The van der Waals surface area contributed by atoms with Crippen LogP contribution in [0, 0.1) is 0 Å². The summed E-state index contributed by atoms with van der Waals surface area (Å²) in [6.07, 6.45) is 1.55. The van der Waals surface area contributed by atoms with E-state index in [2.05, 4.69) is 4.99 Å². The zero-order valence-electron chi connectivity index (χ0n) is 8.19. The first-order chi connectivity index (χ1) is 7.36. The summed E-state index contributed by atoms with van der Waals surface area (Å²) >= 11 is 1.62. The molecular formula is C11H9NO2S. The van der Waals surface area contributed by atoms with Crippen LogP contribution in [-0.2, 0) is 11.3 Å². The fourth-order valence-electron chi connectivity index (χ4n) is 1.51. The largest absolute Gasteiger partial charge is 0.495 e. The molecule has 0 fully saturated rings. The van der Waals surface area contributed by atoms with Crippen molar-refractivity contribution in [2.24, 2.45) is 4.99 Å². The molecule has 1 aromatic heterocycles. The summed E-state index contributed by atoms with van der Waals surface area (Å²) in [5, 5.41) is 3.10. The molecule has 1 aromatic carbocycles. The first-order valence-electron chi connectivity index (χ1n) is 4.43. The molecule has 2 aromatic rings. The normalized spacial score (nSPS) is 9.93. The van der Waals surface area contributed by atoms with Crippen molar-refractivity contribution < 1.29 is 9.53 Å². The Morgan fingerprint density at radius 2 is 2.33 bits per heavy atom. The van der Waals surface area contributed by atoms with Crippen LogP contribution in [0.2, 0.25) is 0 Å². The van der Waals surface area contributed by atoms with Crippen molar-refractivity contribution in [2.75, 3.05) is 7.11 Å². The highest BCUT2D eigenvalue weighted by Gasteiger charge is 2.06. The molecule has 0 bridgehead atoms. The lowest BCUT2D eigenvalue weighted by molar-refractivity contribution is 0.420. The number of hydrogen-bond donors (Lipinski definition) is 0. The van der Waals surface area contributed by atoms with Crippen molar-refractivity contribution in [2.45, 2.75) is 6.54 Å². The fraction of sp³-hybridized carbons (Fsp3) is 0.182. The predicted octanol–water partition coefficient (Wildman–Crippen LogP) is 2.75. The number of isocyanates is 1. The molecule has 76 valence electrons. The summed E-state index contributed by atoms with van der Waals surface area (Å²) in [4.78, 5) is 13.6. The maximum Gasteiger partial charge on any atom is 0.235 e. The highest BCUT2D eigenvalue weighted by atomic mass is 32.1. The van der Waals surface area contributed by atoms with Gasteiger partial charge in [0, 0.05) is 5.39 Å². The monoisotopic (exact) mass is 219 g/mol. The Bertz CT molecular complexity index is 526. The van der Waals surface area contributed by atoms with Crippen molar-refractivity contribution in [3.63, 3.8) is 0 Å². The Morgan fingerprint density at radius 1 is 1.47 bits per heavy atom. The maximum atomic E-state index is 10.1. The highest BCUT2D eigenvalue weighted by molar-refractivity contribution is 7.17. The zero-order chi connectivity index (χ0) is 10.7. The van der Waals surface area contributed by atoms with E-state index in [0.717, 1.165) is 21.4 Å². The van der Waals surface area contributed by atoms with E-state index in [9.17, 15) is 4.79 Å². The van der Waals surface area contributed by atoms with E-state index in [4.69, 9.17) is 4.74 Å². The Kier molecular flexibility index (Phi) is 2.81. The lowest BCUT2D eigenvalue weighted by atomic mass is 10.1. The minimum Gasteiger partial charge on any atom is -0.495 e. The minimum atomic E-state index is 0.376. The van der Waals surface area contributed by atoms with Gasteiger partial charge in [0.05, 0.1) is 18.4 Å². The molecule has 0 unspecified atom stereocenters. The van der Waals surface area contributed by atoms with Crippen LogP contribution in [0.1, 0.15) is 5.56 Å². The van der Waals surface area contributed by atoms with Gasteiger partial charge in [-0.05, 0) is 23.1 Å². The van der Waals surface area contributed by atoms with Crippen LogP contribution in [-0.4, -0.2) is 13.2 Å². The topological polar surface area (TPSA) is 38.7 Å². The zero-order valence-corrected chi connectivity index (χ0v) is 9.00. The number of ether oxygens (including phenoxy) is 1. The Hall–Kier alpha value is -1.64. The van der Waals surface area contributed by atoms with E-state index < -0.39 is 0 Å². The summed E-state index contributed by atoms with van der Waals surface area (Å²) in [6, 6.07) is 5.83. The molecule has 4 heteroatoms. The second kappa shape index (κ2) is 4.26. The van der Waals surface area contributed by atoms with Gasteiger partial charge in [0.1, 0.15) is 5.75 Å². The van der Waals surface area contributed by atoms with E-state index in [0.29, 0.717) is 6.54 Å². The molecule has 15 heavy (non-hydrogen) atoms. The highest BCUT2D eigenvalue weighted by Crippen LogP contribution is 2.33. The number of methoxy groups -OCH3 is 1. The summed E-state index contributed by atoms with van der Waals surface area (Å²) < 4.78 is 6.34. The Balaban J connectivity index is 2.57. The van der Waals surface area contributed by atoms with Crippen molar-refractivity contribution in [3.8, 4) is 5.75 Å². The fourth-order valence-corrected chi connectivity index (χ4v) is 2.44. The molecule has 0 radical (unpaired) electrons. The van der Waals surface area contributed by atoms with Crippen molar-refractivity contribution in [1.29, 1.82) is 0 Å². The van der Waals surface area contributed by atoms with Crippen LogP contribution in [0.4, 0.5) is 0 Å². The lowest BCUT2D eigenvalue weighted by Crippen LogP contribution is -1.86. The Labute approximate surface area is 91.0 Å². The minimum absolute atomic E-state index is 0.376. The van der Waals surface area contributed by atoms with Gasteiger partial charge in [-0.1, -0.05) is 6.07 Å². The van der Waals surface area contributed by atoms with Crippen LogP contribution in [0.3, 0.4) is 0 Å². The molecule has 1 heterocycles. The first-order valence-corrected chi connectivity index (χ1v) is 5.31. The molecule has 0 atom stereocenters. The maximum absolute atomic E-state index is 10.1. The van der Waals surface area contributed by atoms with Gasteiger partial charge in [0.2, 0.25) is 6.08 Å². The molecule has 2 rings (SSSR count). The molecule has 0 saturated carbocycles. The Morgan fingerprint density at radius 3 is 3.07 bits per heavy atom. The van der Waals surface area contributed by atoms with Gasteiger partial charge in [-0.15, -0.1) is 11.3 Å². The van der Waals surface area contributed by atoms with Gasteiger partial charge in [0.25, 0.3) is 0 Å². The van der Waals surface area contributed by atoms with E-state index in [-0.39, 0.29) is 0 Å². The molecule has 0 saturated heterocycles. The van der Waals surface area contributed by atoms with Crippen LogP contribution < -0.4 is 4.74 Å². The van der Waals surface area contributed by atoms with Crippen molar-refractivity contribution in [1.82, 2.24) is 0 Å². The summed E-state index contributed by atoms with van der Waals surface area (Å²) in [6.45, 7) is 0.376. The molecule has 0 aliphatic carbocycles. The van der Waals surface area contributed by atoms with E-state index in [1.165, 1.54) is 0 Å². The standard InChI is InChI=1S/C11H9NO2S/c1-14-10-3-2-8(6-12-7-13)9-4-5-15-11(9)10/h2-5H,6H2,1H3. The van der Waals surface area contributed by atoms with Crippen molar-refractivity contribution in [3.05, 3.63) is 29.1 Å². The number of aliphatic imine (C=N–C) groups is 1. The first kappa shape index (κ1) is 9.90. The average Bonchev–Trinajstić information content (AvgIpc) is 2.74. The molecule has 0 aliphatic rings. The number of fused-ring (bicyclic) bond motifs is 1. The third-order valence-corrected chi connectivity index (χ3v) is 3.13. The number of hydrogen-bond acceptors (Lipinski definition) is 4. The quantitative estimate of drug-likeness (QED) is 0.588. The number of carbonyl (C=O) groups excluding carboxylic acids is 1. The predicted molar refractivity (Wildman–Crippen MR) is 60.2 cm³/mol. The van der Waals surface area contributed by atoms with Crippen LogP contribution in [0.5, 0.6) is 5.75 Å². The third kappa shape index (κ3) is 1.77. The van der Waals surface area contributed by atoms with Gasteiger partial charge >= 0.3 is 0 Å². The van der Waals surface area contributed by atoms with Gasteiger partial charge in [-0.3, -0.25) is 0 Å². The molecule has 0 amide bonds. The number of benzene rings is 1. The second-order valence-corrected chi connectivity index (χ2v) is 3.91. The SMILES string of the molecule is COc1ccc(CN=C=O)c2ccsc12. The summed E-state index contributed by atoms with van der Waals surface area (Å²) in [5.74, 6) is 0.860. The van der Waals surface area contributed by atoms with Gasteiger partial charge in [-0.25, -0.2) is 9.79 Å². The molecular weight excluding hydrogens is 210 g/mol. The molecule has 0 N–H and O–H groups in total. The van der Waals surface area contributed by atoms with Crippen LogP contribution in [0.15, 0.2) is 28.6 Å². The third-order valence-electron chi connectivity index (χ3n) is 2.20. The summed E-state index contributed by atoms with van der Waals surface area (Å²) in [7, 11) is 1.65. The average molecular weight is 219 g/mol. The van der Waals surface area contributed by atoms with Crippen LogP contribution >= 0.6 is 11.3 Å². The van der Waals surface area contributed by atoms with E-state index in [1.807, 2.05) is 23.6 Å². The number of nitrogens with zero attached hydrogens (tertiary/aromatic N) is 1. The number of rotatable bonds is 3. The van der Waals surface area contributed by atoms with Gasteiger partial charge < -0.3 is 4.74 Å². The molecule has 0 spiro atoms. The van der Waals surface area contributed by atoms with Crippen LogP contribution in [0.25, 0.3) is 10.1 Å². The smallest absolute Gasteiger partial charge is 0.235 e.